The van der Waals surface area contributed by atoms with Gasteiger partial charge in [0.2, 0.25) is 0 Å². The molecule has 3 nitrogen and oxygen atoms in total. The number of hydrogen-bond acceptors (Lipinski definition) is 2. The van der Waals surface area contributed by atoms with Crippen LogP contribution < -0.4 is 0 Å². The zero-order valence-corrected chi connectivity index (χ0v) is 13.0. The summed E-state index contributed by atoms with van der Waals surface area (Å²) in [6, 6.07) is 2.20. The Bertz CT molecular complexity index is 488. The fourth-order valence-electron chi connectivity index (χ4n) is 2.53. The Balaban J connectivity index is 2.14. The van der Waals surface area contributed by atoms with E-state index in [-0.39, 0.29) is 17.6 Å². The predicted molar refractivity (Wildman–Crippen MR) is 76.3 cm³/mol. The van der Waals surface area contributed by atoms with Crippen LogP contribution in [0.15, 0.2) is 18.3 Å². The number of carbonyl (C=O) groups is 1. The summed E-state index contributed by atoms with van der Waals surface area (Å²) in [7, 11) is 0. The van der Waals surface area contributed by atoms with E-state index in [2.05, 4.69) is 20.9 Å². The van der Waals surface area contributed by atoms with Crippen molar-refractivity contribution in [2.75, 3.05) is 11.9 Å². The monoisotopic (exact) mass is 364 g/mol. The Hall–Kier alpha value is -1.11. The van der Waals surface area contributed by atoms with E-state index in [0.717, 1.165) is 49.3 Å². The molecule has 1 aromatic rings. The van der Waals surface area contributed by atoms with E-state index >= 15 is 0 Å². The van der Waals surface area contributed by atoms with Crippen LogP contribution in [0.4, 0.5) is 13.2 Å². The van der Waals surface area contributed by atoms with Gasteiger partial charge in [0.25, 0.3) is 5.91 Å². The van der Waals surface area contributed by atoms with Gasteiger partial charge >= 0.3 is 6.18 Å². The van der Waals surface area contributed by atoms with Crippen LogP contribution in [0.2, 0.25) is 0 Å². The summed E-state index contributed by atoms with van der Waals surface area (Å²) >= 11 is 3.37. The number of likely N-dealkylation sites (tertiary alicyclic amines) is 1. The fraction of sp³-hybridized carbons (Fsp3) is 0.571. The first-order chi connectivity index (χ1) is 9.93. The molecule has 1 atom stereocenters. The first-order valence-corrected chi connectivity index (χ1v) is 7.96. The van der Waals surface area contributed by atoms with Gasteiger partial charge in [0, 0.05) is 24.1 Å². The van der Waals surface area contributed by atoms with Gasteiger partial charge in [-0.2, -0.15) is 13.2 Å². The highest BCUT2D eigenvalue weighted by Gasteiger charge is 2.32. The molecule has 1 saturated heterocycles. The molecule has 1 aromatic heterocycles. The van der Waals surface area contributed by atoms with Gasteiger partial charge in [-0.1, -0.05) is 15.9 Å². The summed E-state index contributed by atoms with van der Waals surface area (Å²) in [4.78, 5) is 17.8. The number of alkyl halides is 4. The SMILES string of the molecule is O=C(c1ccc(C(F)(F)F)cn1)N1CCCCC1CCBr. The average Bonchev–Trinajstić information content (AvgIpc) is 2.47. The van der Waals surface area contributed by atoms with Gasteiger partial charge in [-0.3, -0.25) is 9.78 Å². The van der Waals surface area contributed by atoms with Crippen molar-refractivity contribution in [3.63, 3.8) is 0 Å². The van der Waals surface area contributed by atoms with Crippen LogP contribution in [-0.4, -0.2) is 33.7 Å². The Morgan fingerprint density at radius 2 is 2.14 bits per heavy atom. The maximum atomic E-state index is 12.5. The lowest BCUT2D eigenvalue weighted by atomic mass is 9.99. The molecule has 2 rings (SSSR count). The third-order valence-corrected chi connectivity index (χ3v) is 4.10. The summed E-state index contributed by atoms with van der Waals surface area (Å²) in [6.07, 6.45) is 0.0479. The molecular weight excluding hydrogens is 349 g/mol. The minimum atomic E-state index is -4.43. The average molecular weight is 365 g/mol. The largest absolute Gasteiger partial charge is 0.417 e. The number of hydrogen-bond donors (Lipinski definition) is 0. The lowest BCUT2D eigenvalue weighted by molar-refractivity contribution is -0.137. The third-order valence-electron chi connectivity index (χ3n) is 3.64. The smallest absolute Gasteiger partial charge is 0.334 e. The normalized spacial score (nSPS) is 19.6. The van der Waals surface area contributed by atoms with E-state index in [1.807, 2.05) is 0 Å². The van der Waals surface area contributed by atoms with Crippen molar-refractivity contribution in [3.05, 3.63) is 29.6 Å². The molecule has 1 fully saturated rings. The van der Waals surface area contributed by atoms with Gasteiger partial charge in [0.15, 0.2) is 0 Å². The molecule has 1 aliphatic heterocycles. The number of halogens is 4. The molecule has 0 saturated carbocycles. The van der Waals surface area contributed by atoms with Crippen LogP contribution in [0, 0.1) is 0 Å². The Kier molecular flexibility index (Phi) is 5.24. The second-order valence-corrected chi connectivity index (χ2v) is 5.85. The summed E-state index contributed by atoms with van der Waals surface area (Å²) in [5.74, 6) is -0.283. The van der Waals surface area contributed by atoms with Crippen molar-refractivity contribution in [1.29, 1.82) is 0 Å². The molecule has 0 aromatic carbocycles. The quantitative estimate of drug-likeness (QED) is 0.762. The van der Waals surface area contributed by atoms with Gasteiger partial charge in [0.1, 0.15) is 5.69 Å². The van der Waals surface area contributed by atoms with Crippen LogP contribution in [0.1, 0.15) is 41.7 Å². The second kappa shape index (κ2) is 6.77. The van der Waals surface area contributed by atoms with Crippen LogP contribution in [0.25, 0.3) is 0 Å². The zero-order valence-electron chi connectivity index (χ0n) is 11.4. The molecule has 7 heteroatoms. The molecule has 0 radical (unpaired) electrons. The lowest BCUT2D eigenvalue weighted by Crippen LogP contribution is -2.44. The molecule has 1 aliphatic rings. The van der Waals surface area contributed by atoms with Gasteiger partial charge < -0.3 is 4.90 Å². The molecule has 0 aliphatic carbocycles. The molecule has 1 unspecified atom stereocenters. The van der Waals surface area contributed by atoms with Crippen molar-refractivity contribution in [3.8, 4) is 0 Å². The molecule has 2 heterocycles. The highest BCUT2D eigenvalue weighted by Crippen LogP contribution is 2.29. The van der Waals surface area contributed by atoms with Gasteiger partial charge in [-0.15, -0.1) is 0 Å². The van der Waals surface area contributed by atoms with Crippen molar-refractivity contribution in [1.82, 2.24) is 9.88 Å². The van der Waals surface area contributed by atoms with E-state index in [1.165, 1.54) is 0 Å². The summed E-state index contributed by atoms with van der Waals surface area (Å²) in [5.41, 5.74) is -0.765. The number of carbonyl (C=O) groups excluding carboxylic acids is 1. The minimum Gasteiger partial charge on any atom is -0.334 e. The molecule has 116 valence electrons. The maximum absolute atomic E-state index is 12.5. The number of rotatable bonds is 3. The highest BCUT2D eigenvalue weighted by molar-refractivity contribution is 9.09. The second-order valence-electron chi connectivity index (χ2n) is 5.06. The molecule has 0 N–H and O–H groups in total. The minimum absolute atomic E-state index is 0.0736. The Labute approximate surface area is 129 Å². The van der Waals surface area contributed by atoms with Gasteiger partial charge in [-0.05, 0) is 37.8 Å². The van der Waals surface area contributed by atoms with E-state index in [0.29, 0.717) is 6.54 Å². The standard InChI is InChI=1S/C14H16BrF3N2O/c15-7-6-11-3-1-2-8-20(11)13(21)12-5-4-10(9-19-12)14(16,17)18/h4-5,9,11H,1-3,6-8H2. The van der Waals surface area contributed by atoms with E-state index < -0.39 is 11.7 Å². The zero-order chi connectivity index (χ0) is 15.5. The topological polar surface area (TPSA) is 33.2 Å². The van der Waals surface area contributed by atoms with E-state index in [1.54, 1.807) is 4.90 Å². The summed E-state index contributed by atoms with van der Waals surface area (Å²) < 4.78 is 37.5. The first kappa shape index (κ1) is 16.3. The van der Waals surface area contributed by atoms with Crippen molar-refractivity contribution in [2.45, 2.75) is 37.9 Å². The van der Waals surface area contributed by atoms with Crippen LogP contribution >= 0.6 is 15.9 Å². The number of pyridine rings is 1. The molecular formula is C14H16BrF3N2O. The first-order valence-electron chi connectivity index (χ1n) is 6.83. The van der Waals surface area contributed by atoms with Gasteiger partial charge in [-0.25, -0.2) is 0 Å². The molecule has 0 bridgehead atoms. The number of aromatic nitrogens is 1. The van der Waals surface area contributed by atoms with Crippen LogP contribution in [0.5, 0.6) is 0 Å². The fourth-order valence-corrected chi connectivity index (χ4v) is 3.06. The Morgan fingerprint density at radius 3 is 2.71 bits per heavy atom. The number of nitrogens with zero attached hydrogens (tertiary/aromatic N) is 2. The Morgan fingerprint density at radius 1 is 1.38 bits per heavy atom. The highest BCUT2D eigenvalue weighted by atomic mass is 79.9. The maximum Gasteiger partial charge on any atom is 0.417 e. The molecule has 0 spiro atoms. The van der Waals surface area contributed by atoms with Crippen LogP contribution in [0.3, 0.4) is 0 Å². The summed E-state index contributed by atoms with van der Waals surface area (Å²) in [5, 5.41) is 0.794. The van der Waals surface area contributed by atoms with Crippen molar-refractivity contribution in [2.24, 2.45) is 0 Å². The third kappa shape index (κ3) is 3.96. The van der Waals surface area contributed by atoms with Crippen molar-refractivity contribution < 1.29 is 18.0 Å². The number of amides is 1. The van der Waals surface area contributed by atoms with E-state index in [9.17, 15) is 18.0 Å². The predicted octanol–water partition coefficient (Wildman–Crippen LogP) is 3.88. The molecule has 21 heavy (non-hydrogen) atoms. The number of piperidine rings is 1. The van der Waals surface area contributed by atoms with Gasteiger partial charge in [0.05, 0.1) is 5.56 Å². The van der Waals surface area contributed by atoms with E-state index in [4.69, 9.17) is 0 Å². The van der Waals surface area contributed by atoms with Crippen molar-refractivity contribution >= 4 is 21.8 Å². The van der Waals surface area contributed by atoms with Crippen LogP contribution in [-0.2, 0) is 6.18 Å². The summed E-state index contributed by atoms with van der Waals surface area (Å²) in [6.45, 7) is 0.638. The molecule has 1 amide bonds. The lowest BCUT2D eigenvalue weighted by Gasteiger charge is -2.35.